The predicted octanol–water partition coefficient (Wildman–Crippen LogP) is 1.86. The standard InChI is InChI=1S/C12H20N2O2S/c1-4-5-6-8(2)16-11(15)10-7-13-12(17)14-9(10)3/h8H,4-7H2,1-3H3,(H2,13,14,17). The zero-order valence-corrected chi connectivity index (χ0v) is 11.4. The van der Waals surface area contributed by atoms with Crippen LogP contribution in [0.5, 0.6) is 0 Å². The first-order valence-corrected chi connectivity index (χ1v) is 6.41. The third-order valence-electron chi connectivity index (χ3n) is 2.70. The van der Waals surface area contributed by atoms with Crippen LogP contribution in [-0.2, 0) is 9.53 Å². The molecule has 0 aromatic heterocycles. The van der Waals surface area contributed by atoms with Crippen molar-refractivity contribution in [2.45, 2.75) is 46.1 Å². The molecule has 1 rings (SSSR count). The van der Waals surface area contributed by atoms with Gasteiger partial charge in [0, 0.05) is 5.70 Å². The van der Waals surface area contributed by atoms with Gasteiger partial charge in [-0.2, -0.15) is 0 Å². The number of allylic oxidation sites excluding steroid dienone is 1. The normalized spacial score (nSPS) is 17.2. The number of unbranched alkanes of at least 4 members (excludes halogenated alkanes) is 1. The molecule has 0 aromatic carbocycles. The number of rotatable bonds is 5. The average Bonchev–Trinajstić information content (AvgIpc) is 2.26. The summed E-state index contributed by atoms with van der Waals surface area (Å²) < 4.78 is 5.38. The maximum absolute atomic E-state index is 11.9. The molecule has 0 spiro atoms. The van der Waals surface area contributed by atoms with E-state index in [-0.39, 0.29) is 12.1 Å². The predicted molar refractivity (Wildman–Crippen MR) is 71.5 cm³/mol. The largest absolute Gasteiger partial charge is 0.459 e. The molecule has 4 nitrogen and oxygen atoms in total. The molecule has 1 aliphatic rings. The minimum Gasteiger partial charge on any atom is -0.459 e. The lowest BCUT2D eigenvalue weighted by Crippen LogP contribution is -2.43. The van der Waals surface area contributed by atoms with Gasteiger partial charge in [-0.25, -0.2) is 4.79 Å². The molecule has 1 heterocycles. The van der Waals surface area contributed by atoms with Crippen LogP contribution >= 0.6 is 12.2 Å². The number of hydrogen-bond donors (Lipinski definition) is 2. The maximum Gasteiger partial charge on any atom is 0.337 e. The van der Waals surface area contributed by atoms with Crippen LogP contribution in [0.4, 0.5) is 0 Å². The van der Waals surface area contributed by atoms with Crippen molar-refractivity contribution in [3.63, 3.8) is 0 Å². The van der Waals surface area contributed by atoms with Gasteiger partial charge in [0.25, 0.3) is 0 Å². The number of ether oxygens (including phenoxy) is 1. The molecule has 0 radical (unpaired) electrons. The Balaban J connectivity index is 2.52. The van der Waals surface area contributed by atoms with E-state index in [0.29, 0.717) is 17.2 Å². The highest BCUT2D eigenvalue weighted by Gasteiger charge is 2.21. The highest BCUT2D eigenvalue weighted by atomic mass is 32.1. The summed E-state index contributed by atoms with van der Waals surface area (Å²) in [7, 11) is 0. The molecule has 17 heavy (non-hydrogen) atoms. The van der Waals surface area contributed by atoms with Gasteiger partial charge in [0.2, 0.25) is 0 Å². The van der Waals surface area contributed by atoms with Crippen LogP contribution in [0, 0.1) is 0 Å². The summed E-state index contributed by atoms with van der Waals surface area (Å²) in [4.78, 5) is 11.9. The summed E-state index contributed by atoms with van der Waals surface area (Å²) in [6, 6.07) is 0. The lowest BCUT2D eigenvalue weighted by molar-refractivity contribution is -0.143. The molecule has 5 heteroatoms. The Hall–Kier alpha value is -1.10. The molecule has 0 bridgehead atoms. The van der Waals surface area contributed by atoms with Crippen LogP contribution in [0.15, 0.2) is 11.3 Å². The molecule has 0 saturated heterocycles. The highest BCUT2D eigenvalue weighted by Crippen LogP contribution is 2.11. The number of nitrogens with one attached hydrogen (secondary N) is 2. The summed E-state index contributed by atoms with van der Waals surface area (Å²) >= 11 is 4.96. The van der Waals surface area contributed by atoms with Gasteiger partial charge in [0.05, 0.1) is 18.2 Å². The molecule has 1 atom stereocenters. The highest BCUT2D eigenvalue weighted by molar-refractivity contribution is 7.80. The third kappa shape index (κ3) is 4.34. The van der Waals surface area contributed by atoms with Crippen LogP contribution in [0.3, 0.4) is 0 Å². The van der Waals surface area contributed by atoms with Crippen molar-refractivity contribution in [3.05, 3.63) is 11.3 Å². The minimum absolute atomic E-state index is 0.0309. The SMILES string of the molecule is CCCCC(C)OC(=O)C1=C(C)NC(=S)NC1. The number of carbonyl (C=O) groups excluding carboxylic acids is 1. The Morgan fingerprint density at radius 1 is 1.59 bits per heavy atom. The molecule has 0 amide bonds. The average molecular weight is 256 g/mol. The van der Waals surface area contributed by atoms with E-state index in [1.54, 1.807) is 0 Å². The monoisotopic (exact) mass is 256 g/mol. The summed E-state index contributed by atoms with van der Waals surface area (Å²) in [6.07, 6.45) is 3.07. The van der Waals surface area contributed by atoms with Crippen molar-refractivity contribution in [1.82, 2.24) is 10.6 Å². The van der Waals surface area contributed by atoms with E-state index >= 15 is 0 Å². The lowest BCUT2D eigenvalue weighted by Gasteiger charge is -2.22. The molecule has 1 aliphatic heterocycles. The van der Waals surface area contributed by atoms with Gasteiger partial charge in [0.15, 0.2) is 5.11 Å². The molecule has 0 fully saturated rings. The molecular weight excluding hydrogens is 236 g/mol. The quantitative estimate of drug-likeness (QED) is 0.581. The van der Waals surface area contributed by atoms with Crippen LogP contribution in [0.1, 0.15) is 40.0 Å². The van der Waals surface area contributed by atoms with Gasteiger partial charge >= 0.3 is 5.97 Å². The fourth-order valence-electron chi connectivity index (χ4n) is 1.62. The zero-order chi connectivity index (χ0) is 12.8. The van der Waals surface area contributed by atoms with Crippen molar-refractivity contribution >= 4 is 23.3 Å². The molecule has 0 saturated carbocycles. The Kier molecular flexibility index (Phi) is 5.41. The van der Waals surface area contributed by atoms with E-state index in [1.807, 2.05) is 13.8 Å². The Bertz CT molecular complexity index is 339. The summed E-state index contributed by atoms with van der Waals surface area (Å²) in [5.74, 6) is -0.256. The molecule has 0 aromatic rings. The van der Waals surface area contributed by atoms with E-state index in [1.165, 1.54) is 0 Å². The number of hydrogen-bond acceptors (Lipinski definition) is 3. The first kappa shape index (κ1) is 14.0. The van der Waals surface area contributed by atoms with Gasteiger partial charge in [-0.1, -0.05) is 19.8 Å². The van der Waals surface area contributed by atoms with Crippen molar-refractivity contribution in [2.75, 3.05) is 6.54 Å². The summed E-state index contributed by atoms with van der Waals surface area (Å²) in [6.45, 7) is 6.33. The molecule has 0 aliphatic carbocycles. The number of carbonyl (C=O) groups is 1. The topological polar surface area (TPSA) is 50.4 Å². The van der Waals surface area contributed by atoms with E-state index in [0.717, 1.165) is 25.0 Å². The lowest BCUT2D eigenvalue weighted by atomic mass is 10.1. The number of esters is 1. The maximum atomic E-state index is 11.9. The van der Waals surface area contributed by atoms with Gasteiger partial charge in [-0.15, -0.1) is 0 Å². The first-order valence-electron chi connectivity index (χ1n) is 6.00. The van der Waals surface area contributed by atoms with E-state index in [9.17, 15) is 4.79 Å². The molecule has 96 valence electrons. The van der Waals surface area contributed by atoms with E-state index in [4.69, 9.17) is 17.0 Å². The third-order valence-corrected chi connectivity index (χ3v) is 2.94. The van der Waals surface area contributed by atoms with Crippen molar-refractivity contribution in [2.24, 2.45) is 0 Å². The second-order valence-corrected chi connectivity index (χ2v) is 4.68. The van der Waals surface area contributed by atoms with E-state index in [2.05, 4.69) is 17.6 Å². The van der Waals surface area contributed by atoms with Crippen molar-refractivity contribution < 1.29 is 9.53 Å². The second-order valence-electron chi connectivity index (χ2n) is 4.27. The second kappa shape index (κ2) is 6.59. The Labute approximate surface area is 108 Å². The van der Waals surface area contributed by atoms with Crippen molar-refractivity contribution in [3.8, 4) is 0 Å². The molecule has 2 N–H and O–H groups in total. The van der Waals surface area contributed by atoms with Crippen LogP contribution in [-0.4, -0.2) is 23.7 Å². The summed E-state index contributed by atoms with van der Waals surface area (Å²) in [5, 5.41) is 6.40. The molecule has 1 unspecified atom stereocenters. The molecular formula is C12H20N2O2S. The fraction of sp³-hybridized carbons (Fsp3) is 0.667. The summed E-state index contributed by atoms with van der Waals surface area (Å²) in [5.41, 5.74) is 1.41. The minimum atomic E-state index is -0.256. The van der Waals surface area contributed by atoms with Crippen LogP contribution in [0.25, 0.3) is 0 Å². The van der Waals surface area contributed by atoms with Gasteiger partial charge in [0.1, 0.15) is 0 Å². The number of thiocarbonyl (C=S) groups is 1. The van der Waals surface area contributed by atoms with Crippen LogP contribution in [0.2, 0.25) is 0 Å². The Morgan fingerprint density at radius 2 is 2.29 bits per heavy atom. The van der Waals surface area contributed by atoms with E-state index < -0.39 is 0 Å². The van der Waals surface area contributed by atoms with Gasteiger partial charge < -0.3 is 15.4 Å². The van der Waals surface area contributed by atoms with Crippen LogP contribution < -0.4 is 10.6 Å². The Morgan fingerprint density at radius 3 is 2.88 bits per heavy atom. The van der Waals surface area contributed by atoms with Crippen molar-refractivity contribution in [1.29, 1.82) is 0 Å². The first-order chi connectivity index (χ1) is 8.04. The van der Waals surface area contributed by atoms with Gasteiger partial charge in [-0.05, 0) is 32.5 Å². The van der Waals surface area contributed by atoms with Gasteiger partial charge in [-0.3, -0.25) is 0 Å². The zero-order valence-electron chi connectivity index (χ0n) is 10.6. The smallest absolute Gasteiger partial charge is 0.337 e. The fourth-order valence-corrected chi connectivity index (χ4v) is 1.85.